The van der Waals surface area contributed by atoms with Crippen molar-refractivity contribution < 1.29 is 14.3 Å². The summed E-state index contributed by atoms with van der Waals surface area (Å²) in [5.41, 5.74) is 0.690. The molecule has 0 bridgehead atoms. The van der Waals surface area contributed by atoms with Gasteiger partial charge in [0.2, 0.25) is 11.9 Å². The molecule has 1 aliphatic rings. The van der Waals surface area contributed by atoms with Crippen LogP contribution in [0.15, 0.2) is 30.6 Å². The van der Waals surface area contributed by atoms with E-state index in [9.17, 15) is 9.59 Å². The minimum atomic E-state index is -0.512. The molecular formula is C15H17N5O3. The molecule has 2 aromatic rings. The molecule has 0 saturated carbocycles. The van der Waals surface area contributed by atoms with Gasteiger partial charge in [-0.05, 0) is 18.6 Å². The first kappa shape index (κ1) is 15.0. The van der Waals surface area contributed by atoms with Crippen LogP contribution in [-0.4, -0.2) is 39.6 Å². The van der Waals surface area contributed by atoms with Crippen LogP contribution in [-0.2, 0) is 9.59 Å². The van der Waals surface area contributed by atoms with Crippen LogP contribution in [0.25, 0.3) is 0 Å². The highest BCUT2D eigenvalue weighted by Gasteiger charge is 2.33. The topological polar surface area (TPSA) is 100 Å². The number of nitrogens with one attached hydrogen (secondary N) is 2. The van der Waals surface area contributed by atoms with E-state index in [-0.39, 0.29) is 30.7 Å². The van der Waals surface area contributed by atoms with E-state index >= 15 is 0 Å². The largest absolute Gasteiger partial charge is 0.478 e. The van der Waals surface area contributed by atoms with E-state index in [1.54, 1.807) is 4.90 Å². The van der Waals surface area contributed by atoms with Crippen LogP contribution < -0.4 is 15.0 Å². The van der Waals surface area contributed by atoms with Crippen molar-refractivity contribution in [3.05, 3.63) is 30.6 Å². The number of aromatic amines is 1. The molecule has 2 N–H and O–H groups in total. The lowest BCUT2D eigenvalue weighted by molar-refractivity contribution is -0.126. The van der Waals surface area contributed by atoms with Gasteiger partial charge < -0.3 is 9.64 Å². The van der Waals surface area contributed by atoms with Crippen LogP contribution in [0.5, 0.6) is 5.75 Å². The lowest BCUT2D eigenvalue weighted by Crippen LogP contribution is -2.46. The Balaban J connectivity index is 1.70. The van der Waals surface area contributed by atoms with Crippen LogP contribution in [0.3, 0.4) is 0 Å². The number of fused-ring (bicyclic) bond motifs is 1. The van der Waals surface area contributed by atoms with E-state index in [1.807, 2.05) is 31.2 Å². The standard InChI is InChI=1S/C15H17N5O3/c1-2-11-14(22)20(10-5-3-4-6-12(10)23-11)8-7-13(21)18-15-16-9-17-19-15/h3-6,9,11H,2,7-8H2,1H3,(H2,16,17,18,19,21). The Morgan fingerprint density at radius 1 is 1.43 bits per heavy atom. The number of hydrogen-bond donors (Lipinski definition) is 2. The molecule has 2 amide bonds. The van der Waals surface area contributed by atoms with Crippen molar-refractivity contribution in [2.75, 3.05) is 16.8 Å². The highest BCUT2D eigenvalue weighted by Crippen LogP contribution is 2.34. The first-order chi connectivity index (χ1) is 11.2. The molecule has 23 heavy (non-hydrogen) atoms. The summed E-state index contributed by atoms with van der Waals surface area (Å²) >= 11 is 0. The molecule has 0 fully saturated rings. The van der Waals surface area contributed by atoms with Crippen molar-refractivity contribution in [1.29, 1.82) is 0 Å². The molecular weight excluding hydrogens is 298 g/mol. The fourth-order valence-electron chi connectivity index (χ4n) is 2.44. The van der Waals surface area contributed by atoms with Gasteiger partial charge in [0.1, 0.15) is 12.1 Å². The van der Waals surface area contributed by atoms with Crippen LogP contribution >= 0.6 is 0 Å². The van der Waals surface area contributed by atoms with Gasteiger partial charge in [0.15, 0.2) is 6.10 Å². The Labute approximate surface area is 132 Å². The molecule has 120 valence electrons. The fraction of sp³-hybridized carbons (Fsp3) is 0.333. The van der Waals surface area contributed by atoms with Gasteiger partial charge in [-0.25, -0.2) is 5.10 Å². The van der Waals surface area contributed by atoms with Crippen molar-refractivity contribution in [2.45, 2.75) is 25.9 Å². The third-order valence-corrected chi connectivity index (χ3v) is 3.57. The number of carbonyl (C=O) groups excluding carboxylic acids is 2. The van der Waals surface area contributed by atoms with Gasteiger partial charge in [-0.3, -0.25) is 14.9 Å². The number of aromatic nitrogens is 3. The number of anilines is 2. The summed E-state index contributed by atoms with van der Waals surface area (Å²) in [6.07, 6.45) is 1.52. The Morgan fingerprint density at radius 3 is 3.00 bits per heavy atom. The summed E-state index contributed by atoms with van der Waals surface area (Å²) in [7, 11) is 0. The second kappa shape index (κ2) is 6.47. The molecule has 0 spiro atoms. The van der Waals surface area contributed by atoms with Crippen LogP contribution in [0.2, 0.25) is 0 Å². The summed E-state index contributed by atoms with van der Waals surface area (Å²) in [4.78, 5) is 29.9. The highest BCUT2D eigenvalue weighted by atomic mass is 16.5. The summed E-state index contributed by atoms with van der Waals surface area (Å²) in [6, 6.07) is 7.33. The van der Waals surface area contributed by atoms with Crippen molar-refractivity contribution in [3.63, 3.8) is 0 Å². The second-order valence-corrected chi connectivity index (χ2v) is 5.10. The van der Waals surface area contributed by atoms with E-state index in [2.05, 4.69) is 20.5 Å². The van der Waals surface area contributed by atoms with E-state index in [0.717, 1.165) is 0 Å². The Morgan fingerprint density at radius 2 is 2.26 bits per heavy atom. The predicted molar refractivity (Wildman–Crippen MR) is 83.1 cm³/mol. The zero-order valence-electron chi connectivity index (χ0n) is 12.7. The van der Waals surface area contributed by atoms with Crippen molar-refractivity contribution in [2.24, 2.45) is 0 Å². The number of rotatable bonds is 5. The molecule has 1 atom stereocenters. The van der Waals surface area contributed by atoms with Crippen molar-refractivity contribution >= 4 is 23.5 Å². The highest BCUT2D eigenvalue weighted by molar-refractivity contribution is 6.00. The maximum atomic E-state index is 12.5. The first-order valence-corrected chi connectivity index (χ1v) is 7.41. The lowest BCUT2D eigenvalue weighted by Gasteiger charge is -2.33. The van der Waals surface area contributed by atoms with Gasteiger partial charge in [-0.1, -0.05) is 19.1 Å². The van der Waals surface area contributed by atoms with Crippen LogP contribution in [0.1, 0.15) is 19.8 Å². The lowest BCUT2D eigenvalue weighted by atomic mass is 10.1. The number of hydrogen-bond acceptors (Lipinski definition) is 5. The summed E-state index contributed by atoms with van der Waals surface area (Å²) in [5.74, 6) is 0.579. The number of amides is 2. The second-order valence-electron chi connectivity index (χ2n) is 5.10. The molecule has 8 nitrogen and oxygen atoms in total. The molecule has 8 heteroatoms. The average Bonchev–Trinajstić information content (AvgIpc) is 3.06. The molecule has 1 aromatic heterocycles. The average molecular weight is 315 g/mol. The van der Waals surface area contributed by atoms with E-state index in [0.29, 0.717) is 17.9 Å². The molecule has 2 heterocycles. The number of H-pyrrole nitrogens is 1. The Bertz CT molecular complexity index is 701. The third-order valence-electron chi connectivity index (χ3n) is 3.57. The van der Waals surface area contributed by atoms with E-state index in [1.165, 1.54) is 6.33 Å². The minimum absolute atomic E-state index is 0.126. The molecule has 3 rings (SSSR count). The third kappa shape index (κ3) is 3.15. The maximum Gasteiger partial charge on any atom is 0.268 e. The van der Waals surface area contributed by atoms with Crippen LogP contribution in [0, 0.1) is 0 Å². The number of benzene rings is 1. The van der Waals surface area contributed by atoms with E-state index in [4.69, 9.17) is 4.74 Å². The number of ether oxygens (including phenoxy) is 1. The SMILES string of the molecule is CCC1Oc2ccccc2N(CCC(=O)Nc2ncn[nH]2)C1=O. The number of nitrogens with zero attached hydrogens (tertiary/aromatic N) is 3. The molecule has 1 aromatic carbocycles. The number of carbonyl (C=O) groups is 2. The zero-order valence-corrected chi connectivity index (χ0v) is 12.7. The smallest absolute Gasteiger partial charge is 0.268 e. The monoisotopic (exact) mass is 315 g/mol. The van der Waals surface area contributed by atoms with Gasteiger partial charge in [0.05, 0.1) is 5.69 Å². The summed E-state index contributed by atoms with van der Waals surface area (Å²) < 4.78 is 5.70. The quantitative estimate of drug-likeness (QED) is 0.867. The van der Waals surface area contributed by atoms with Crippen molar-refractivity contribution in [3.8, 4) is 5.75 Å². The normalized spacial score (nSPS) is 16.7. The van der Waals surface area contributed by atoms with Gasteiger partial charge in [-0.15, -0.1) is 0 Å². The van der Waals surface area contributed by atoms with Gasteiger partial charge in [-0.2, -0.15) is 10.1 Å². The fourth-order valence-corrected chi connectivity index (χ4v) is 2.44. The minimum Gasteiger partial charge on any atom is -0.478 e. The summed E-state index contributed by atoms with van der Waals surface area (Å²) in [6.45, 7) is 2.17. The van der Waals surface area contributed by atoms with Gasteiger partial charge in [0.25, 0.3) is 5.91 Å². The van der Waals surface area contributed by atoms with Gasteiger partial charge >= 0.3 is 0 Å². The predicted octanol–water partition coefficient (Wildman–Crippen LogP) is 1.34. The Kier molecular flexibility index (Phi) is 4.22. The Hall–Kier alpha value is -2.90. The maximum absolute atomic E-state index is 12.5. The molecule has 0 radical (unpaired) electrons. The molecule has 1 aliphatic heterocycles. The van der Waals surface area contributed by atoms with Crippen molar-refractivity contribution in [1.82, 2.24) is 15.2 Å². The van der Waals surface area contributed by atoms with Gasteiger partial charge in [0, 0.05) is 13.0 Å². The molecule has 1 unspecified atom stereocenters. The first-order valence-electron chi connectivity index (χ1n) is 7.41. The summed E-state index contributed by atoms with van der Waals surface area (Å²) in [5, 5.41) is 8.80. The molecule has 0 aliphatic carbocycles. The molecule has 0 saturated heterocycles. The van der Waals surface area contributed by atoms with Crippen LogP contribution in [0.4, 0.5) is 11.6 Å². The number of para-hydroxylation sites is 2. The zero-order chi connectivity index (χ0) is 16.2. The van der Waals surface area contributed by atoms with E-state index < -0.39 is 6.10 Å².